The van der Waals surface area contributed by atoms with Gasteiger partial charge in [0.05, 0.1) is 10.8 Å². The standard InChI is InChI=1S/C15H27F3O3.C12H18F6O3/c1-7-13(4,5)12(19)21-11(8-10(2)3)9-14(6,20)15(16,17)18;1-6-8(2,3)7(19)21-9(4,5)10(20,11(13,14)15)12(16,17)18/h10-11,20H,7-9H2,1-6H3;20H,6H2,1-5H3. The number of alkyl halides is 9. The summed E-state index contributed by atoms with van der Waals surface area (Å²) in [5.41, 5.74) is -13.3. The van der Waals surface area contributed by atoms with Crippen LogP contribution in [0.2, 0.25) is 0 Å². The first-order valence-corrected chi connectivity index (χ1v) is 13.3. The molecule has 0 aliphatic carbocycles. The summed E-state index contributed by atoms with van der Waals surface area (Å²) in [6.07, 6.45) is -17.6. The predicted molar refractivity (Wildman–Crippen MR) is 136 cm³/mol. The van der Waals surface area contributed by atoms with E-state index in [1.54, 1.807) is 13.8 Å². The average Bonchev–Trinajstić information content (AvgIpc) is 2.75. The van der Waals surface area contributed by atoms with Gasteiger partial charge in [-0.15, -0.1) is 0 Å². The molecule has 0 aliphatic heterocycles. The Hall–Kier alpha value is -1.77. The molecule has 0 bridgehead atoms. The molecule has 0 amide bonds. The molecule has 2 atom stereocenters. The third-order valence-electron chi connectivity index (χ3n) is 7.16. The Morgan fingerprint density at radius 1 is 0.667 bits per heavy atom. The van der Waals surface area contributed by atoms with Crippen molar-refractivity contribution in [1.82, 2.24) is 0 Å². The Bertz CT molecular complexity index is 872. The number of rotatable bonds is 11. The summed E-state index contributed by atoms with van der Waals surface area (Å²) in [6.45, 7) is 14.4. The van der Waals surface area contributed by atoms with Crippen LogP contribution < -0.4 is 0 Å². The van der Waals surface area contributed by atoms with Crippen molar-refractivity contribution in [3.8, 4) is 0 Å². The summed E-state index contributed by atoms with van der Waals surface area (Å²) in [5, 5.41) is 18.9. The Morgan fingerprint density at radius 2 is 1.02 bits per heavy atom. The van der Waals surface area contributed by atoms with Gasteiger partial charge in [-0.05, 0) is 73.6 Å². The molecule has 6 nitrogen and oxygen atoms in total. The van der Waals surface area contributed by atoms with E-state index in [1.807, 2.05) is 20.8 Å². The highest BCUT2D eigenvalue weighted by Crippen LogP contribution is 2.51. The lowest BCUT2D eigenvalue weighted by Crippen LogP contribution is -2.70. The molecule has 0 radical (unpaired) electrons. The van der Waals surface area contributed by atoms with Crippen molar-refractivity contribution in [1.29, 1.82) is 0 Å². The molecule has 0 fully saturated rings. The summed E-state index contributed by atoms with van der Waals surface area (Å²) in [5.74, 6) is -1.74. The van der Waals surface area contributed by atoms with E-state index in [0.29, 0.717) is 27.2 Å². The highest BCUT2D eigenvalue weighted by atomic mass is 19.4. The van der Waals surface area contributed by atoms with Crippen LogP contribution in [0.25, 0.3) is 0 Å². The second-order valence-corrected chi connectivity index (χ2v) is 12.7. The van der Waals surface area contributed by atoms with Crippen LogP contribution >= 0.6 is 0 Å². The van der Waals surface area contributed by atoms with Crippen molar-refractivity contribution in [2.24, 2.45) is 16.7 Å². The van der Waals surface area contributed by atoms with Crippen LogP contribution in [0.5, 0.6) is 0 Å². The third kappa shape index (κ3) is 10.7. The first kappa shape index (κ1) is 42.4. The van der Waals surface area contributed by atoms with Crippen molar-refractivity contribution in [3.05, 3.63) is 0 Å². The van der Waals surface area contributed by atoms with Crippen molar-refractivity contribution >= 4 is 11.9 Å². The van der Waals surface area contributed by atoms with Crippen molar-refractivity contribution in [3.63, 3.8) is 0 Å². The fourth-order valence-corrected chi connectivity index (χ4v) is 3.14. The summed E-state index contributed by atoms with van der Waals surface area (Å²) >= 11 is 0. The fourth-order valence-electron chi connectivity index (χ4n) is 3.14. The highest BCUT2D eigenvalue weighted by molar-refractivity contribution is 5.76. The normalized spacial score (nSPS) is 16.3. The Kier molecular flexibility index (Phi) is 14.0. The van der Waals surface area contributed by atoms with Gasteiger partial charge in [0.25, 0.3) is 5.60 Å². The molecule has 0 saturated carbocycles. The molecule has 0 rings (SSSR count). The van der Waals surface area contributed by atoms with Gasteiger partial charge in [0.2, 0.25) is 0 Å². The molecule has 2 N–H and O–H groups in total. The van der Waals surface area contributed by atoms with Gasteiger partial charge in [-0.1, -0.05) is 27.7 Å². The molecule has 0 heterocycles. The molecule has 2 unspecified atom stereocenters. The quantitative estimate of drug-likeness (QED) is 0.179. The third-order valence-corrected chi connectivity index (χ3v) is 7.16. The van der Waals surface area contributed by atoms with Crippen molar-refractivity contribution < 1.29 is 68.8 Å². The second-order valence-electron chi connectivity index (χ2n) is 12.7. The number of carbonyl (C=O) groups is 2. The van der Waals surface area contributed by atoms with Gasteiger partial charge in [-0.2, -0.15) is 39.5 Å². The SMILES string of the molecule is CCC(C)(C)C(=O)OC(C)(C)C(O)(C(F)(F)F)C(F)(F)F.CCC(C)(C)C(=O)OC(CC(C)C)CC(C)(O)C(F)(F)F. The van der Waals surface area contributed by atoms with E-state index in [9.17, 15) is 59.3 Å². The molecule has 0 aliphatic rings. The molecule has 0 spiro atoms. The van der Waals surface area contributed by atoms with Gasteiger partial charge in [0, 0.05) is 6.42 Å². The lowest BCUT2D eigenvalue weighted by Gasteiger charge is -2.44. The predicted octanol–water partition coefficient (Wildman–Crippen LogP) is 7.68. The molecule has 0 aromatic heterocycles. The van der Waals surface area contributed by atoms with E-state index in [1.165, 1.54) is 20.8 Å². The highest BCUT2D eigenvalue weighted by Gasteiger charge is 2.78. The zero-order chi connectivity index (χ0) is 34.6. The van der Waals surface area contributed by atoms with Crippen LogP contribution in [0.15, 0.2) is 0 Å². The number of hydrogen-bond acceptors (Lipinski definition) is 6. The molecule has 0 aromatic rings. The first-order valence-electron chi connectivity index (χ1n) is 13.3. The lowest BCUT2D eigenvalue weighted by atomic mass is 9.83. The number of hydrogen-bond donors (Lipinski definition) is 2. The molecule has 42 heavy (non-hydrogen) atoms. The summed E-state index contributed by atoms with van der Waals surface area (Å²) < 4.78 is 125. The van der Waals surface area contributed by atoms with Crippen LogP contribution in [-0.4, -0.2) is 63.6 Å². The lowest BCUT2D eigenvalue weighted by molar-refractivity contribution is -0.408. The molecular weight excluding hydrogens is 591 g/mol. The van der Waals surface area contributed by atoms with E-state index in [-0.39, 0.29) is 18.8 Å². The molecule has 0 saturated heterocycles. The second kappa shape index (κ2) is 13.9. The largest absolute Gasteiger partial charge is 0.462 e. The smallest absolute Gasteiger partial charge is 0.430 e. The van der Waals surface area contributed by atoms with Gasteiger partial charge in [0.15, 0.2) is 11.2 Å². The van der Waals surface area contributed by atoms with E-state index < -0.39 is 70.6 Å². The molecule has 15 heteroatoms. The van der Waals surface area contributed by atoms with E-state index in [2.05, 4.69) is 4.74 Å². The fraction of sp³-hybridized carbons (Fsp3) is 0.926. The van der Waals surface area contributed by atoms with Crippen LogP contribution in [0.1, 0.15) is 102 Å². The monoisotopic (exact) mass is 636 g/mol. The Labute approximate surface area is 241 Å². The minimum Gasteiger partial charge on any atom is -0.462 e. The minimum atomic E-state index is -6.06. The molecular formula is C27H45F9O6. The topological polar surface area (TPSA) is 93.1 Å². The van der Waals surface area contributed by atoms with Crippen molar-refractivity contribution in [2.45, 2.75) is 143 Å². The van der Waals surface area contributed by atoms with E-state index >= 15 is 0 Å². The zero-order valence-corrected chi connectivity index (χ0v) is 25.9. The summed E-state index contributed by atoms with van der Waals surface area (Å²) in [4.78, 5) is 23.8. The van der Waals surface area contributed by atoms with Crippen molar-refractivity contribution in [2.75, 3.05) is 0 Å². The Morgan fingerprint density at radius 3 is 1.31 bits per heavy atom. The number of esters is 2. The number of halogens is 9. The van der Waals surface area contributed by atoms with Crippen LogP contribution in [-0.2, 0) is 19.1 Å². The van der Waals surface area contributed by atoms with Gasteiger partial charge < -0.3 is 19.7 Å². The van der Waals surface area contributed by atoms with Gasteiger partial charge in [-0.3, -0.25) is 9.59 Å². The van der Waals surface area contributed by atoms with Crippen LogP contribution in [0.4, 0.5) is 39.5 Å². The maximum Gasteiger partial charge on any atom is 0.430 e. The molecule has 0 aromatic carbocycles. The summed E-state index contributed by atoms with van der Waals surface area (Å²) in [6, 6.07) is 0. The number of carbonyl (C=O) groups excluding carboxylic acids is 2. The first-order chi connectivity index (χ1) is 18.2. The summed E-state index contributed by atoms with van der Waals surface area (Å²) in [7, 11) is 0. The van der Waals surface area contributed by atoms with Gasteiger partial charge in [-0.25, -0.2) is 0 Å². The van der Waals surface area contributed by atoms with Crippen LogP contribution in [0.3, 0.4) is 0 Å². The maximum atomic E-state index is 12.8. The number of ether oxygens (including phenoxy) is 2. The van der Waals surface area contributed by atoms with Crippen LogP contribution in [0, 0.1) is 16.7 Å². The number of aliphatic hydroxyl groups is 2. The maximum absolute atomic E-state index is 12.8. The van der Waals surface area contributed by atoms with Gasteiger partial charge >= 0.3 is 30.5 Å². The molecule has 252 valence electrons. The van der Waals surface area contributed by atoms with E-state index in [4.69, 9.17) is 4.74 Å². The Balaban J connectivity index is 0. The van der Waals surface area contributed by atoms with E-state index in [0.717, 1.165) is 0 Å². The zero-order valence-electron chi connectivity index (χ0n) is 25.9. The average molecular weight is 637 g/mol. The minimum absolute atomic E-state index is 0.0524. The van der Waals surface area contributed by atoms with Gasteiger partial charge in [0.1, 0.15) is 6.10 Å².